The topological polar surface area (TPSA) is 78.2 Å². The lowest BCUT2D eigenvalue weighted by Gasteiger charge is -2.26. The zero-order valence-electron chi connectivity index (χ0n) is 20.0. The van der Waals surface area contributed by atoms with Gasteiger partial charge in [0.1, 0.15) is 17.9 Å². The molecule has 3 aromatic carbocycles. The molecule has 1 aliphatic heterocycles. The molecule has 1 atom stereocenters. The van der Waals surface area contributed by atoms with E-state index in [-0.39, 0.29) is 16.8 Å². The van der Waals surface area contributed by atoms with Crippen molar-refractivity contribution in [1.29, 1.82) is 0 Å². The lowest BCUT2D eigenvalue weighted by molar-refractivity contribution is 0.0971. The Morgan fingerprint density at radius 2 is 1.78 bits per heavy atom. The first kappa shape index (κ1) is 23.2. The zero-order valence-corrected chi connectivity index (χ0v) is 20.0. The smallest absolute Gasteiger partial charge is 0.295 e. The van der Waals surface area contributed by atoms with E-state index >= 15 is 0 Å². The Bertz CT molecular complexity index is 1500. The molecule has 7 nitrogen and oxygen atoms in total. The number of methoxy groups -OCH3 is 1. The van der Waals surface area contributed by atoms with Gasteiger partial charge in [0.25, 0.3) is 5.91 Å². The molecule has 36 heavy (non-hydrogen) atoms. The highest BCUT2D eigenvalue weighted by Gasteiger charge is 2.44. The summed E-state index contributed by atoms with van der Waals surface area (Å²) >= 11 is 0. The molecule has 0 aliphatic carbocycles. The second-order valence-corrected chi connectivity index (χ2v) is 8.18. The van der Waals surface area contributed by atoms with Crippen molar-refractivity contribution in [3.8, 4) is 17.2 Å². The van der Waals surface area contributed by atoms with Crippen molar-refractivity contribution in [2.75, 3.05) is 25.2 Å². The van der Waals surface area contributed by atoms with Crippen LogP contribution in [0.2, 0.25) is 0 Å². The monoisotopic (exact) mass is 483 g/mol. The Morgan fingerprint density at radius 3 is 2.50 bits per heavy atom. The van der Waals surface area contributed by atoms with E-state index in [2.05, 4.69) is 6.58 Å². The molecule has 0 spiro atoms. The van der Waals surface area contributed by atoms with E-state index in [4.69, 9.17) is 18.6 Å². The molecule has 0 saturated heterocycles. The third-order valence-electron chi connectivity index (χ3n) is 6.07. The standard InChI is InChI=1S/C29H25NO6/c1-4-16-35-23-15-10-18(17-24(23)34-5-2)26-25-27(31)21-8-6-7-9-22(21)36-28(25)29(32)30(26)19-11-13-20(33-3)14-12-19/h4,6-15,17,26H,1,5,16H2,2-3H3. The van der Waals surface area contributed by atoms with Gasteiger partial charge >= 0.3 is 0 Å². The second-order valence-electron chi connectivity index (χ2n) is 8.18. The third kappa shape index (κ3) is 3.88. The summed E-state index contributed by atoms with van der Waals surface area (Å²) in [6, 6.07) is 18.7. The average molecular weight is 484 g/mol. The number of amides is 1. The van der Waals surface area contributed by atoms with E-state index in [9.17, 15) is 9.59 Å². The Morgan fingerprint density at radius 1 is 1.00 bits per heavy atom. The fourth-order valence-corrected chi connectivity index (χ4v) is 4.48. The molecule has 182 valence electrons. The number of hydrogen-bond donors (Lipinski definition) is 0. The van der Waals surface area contributed by atoms with E-state index in [1.165, 1.54) is 0 Å². The predicted molar refractivity (Wildman–Crippen MR) is 137 cm³/mol. The molecule has 0 bridgehead atoms. The average Bonchev–Trinajstić information content (AvgIpc) is 3.20. The Hall–Kier alpha value is -4.52. The number of rotatable bonds is 8. The summed E-state index contributed by atoms with van der Waals surface area (Å²) in [7, 11) is 1.58. The summed E-state index contributed by atoms with van der Waals surface area (Å²) in [5.41, 5.74) is 1.71. The van der Waals surface area contributed by atoms with Gasteiger partial charge in [-0.1, -0.05) is 30.9 Å². The van der Waals surface area contributed by atoms with Crippen LogP contribution in [0.3, 0.4) is 0 Å². The van der Waals surface area contributed by atoms with Crippen LogP contribution >= 0.6 is 0 Å². The number of benzene rings is 3. The van der Waals surface area contributed by atoms with Crippen molar-refractivity contribution in [1.82, 2.24) is 0 Å². The maximum atomic E-state index is 13.7. The minimum absolute atomic E-state index is 0.0319. The summed E-state index contributed by atoms with van der Waals surface area (Å²) in [6.07, 6.45) is 1.65. The summed E-state index contributed by atoms with van der Waals surface area (Å²) in [6.45, 7) is 6.31. The van der Waals surface area contributed by atoms with Gasteiger partial charge in [0.05, 0.1) is 30.7 Å². The molecule has 7 heteroatoms. The Kier molecular flexibility index (Phi) is 6.21. The van der Waals surface area contributed by atoms with Gasteiger partial charge < -0.3 is 18.6 Å². The molecule has 1 aliphatic rings. The summed E-state index contributed by atoms with van der Waals surface area (Å²) in [4.78, 5) is 29.0. The van der Waals surface area contributed by atoms with Crippen LogP contribution in [0.25, 0.3) is 11.0 Å². The second kappa shape index (κ2) is 9.62. The highest BCUT2D eigenvalue weighted by molar-refractivity contribution is 6.10. The van der Waals surface area contributed by atoms with Crippen molar-refractivity contribution >= 4 is 22.6 Å². The minimum atomic E-state index is -0.727. The third-order valence-corrected chi connectivity index (χ3v) is 6.07. The van der Waals surface area contributed by atoms with Crippen molar-refractivity contribution in [2.45, 2.75) is 13.0 Å². The molecule has 1 aromatic heterocycles. The molecule has 1 unspecified atom stereocenters. The molecule has 0 radical (unpaired) electrons. The Labute approximate surface area is 208 Å². The molecular weight excluding hydrogens is 458 g/mol. The lowest BCUT2D eigenvalue weighted by Crippen LogP contribution is -2.29. The van der Waals surface area contributed by atoms with Crippen LogP contribution in [0.4, 0.5) is 5.69 Å². The molecule has 0 N–H and O–H groups in total. The van der Waals surface area contributed by atoms with Crippen LogP contribution in [-0.4, -0.2) is 26.2 Å². The van der Waals surface area contributed by atoms with Crippen molar-refractivity contribution in [3.05, 3.63) is 106 Å². The minimum Gasteiger partial charge on any atom is -0.497 e. The number of para-hydroxylation sites is 1. The first-order chi connectivity index (χ1) is 17.6. The van der Waals surface area contributed by atoms with Crippen molar-refractivity contribution in [2.24, 2.45) is 0 Å². The molecule has 1 amide bonds. The highest BCUT2D eigenvalue weighted by atomic mass is 16.5. The first-order valence-electron chi connectivity index (χ1n) is 11.6. The molecule has 2 heterocycles. The maximum absolute atomic E-state index is 13.7. The molecule has 0 fully saturated rings. The van der Waals surface area contributed by atoms with Gasteiger partial charge in [-0.25, -0.2) is 0 Å². The van der Waals surface area contributed by atoms with E-state index in [1.54, 1.807) is 78.7 Å². The van der Waals surface area contributed by atoms with Gasteiger partial charge in [-0.3, -0.25) is 14.5 Å². The number of anilines is 1. The van der Waals surface area contributed by atoms with Crippen LogP contribution in [-0.2, 0) is 0 Å². The molecule has 4 aromatic rings. The summed E-state index contributed by atoms with van der Waals surface area (Å²) in [5, 5.41) is 0.418. The van der Waals surface area contributed by atoms with E-state index in [0.717, 1.165) is 0 Å². The van der Waals surface area contributed by atoms with Gasteiger partial charge in [0.2, 0.25) is 5.76 Å². The van der Waals surface area contributed by atoms with Crippen molar-refractivity contribution in [3.63, 3.8) is 0 Å². The quantitative estimate of drug-likeness (QED) is 0.307. The first-order valence-corrected chi connectivity index (χ1v) is 11.6. The van der Waals surface area contributed by atoms with Gasteiger partial charge in [0.15, 0.2) is 16.9 Å². The predicted octanol–water partition coefficient (Wildman–Crippen LogP) is 5.51. The highest BCUT2D eigenvalue weighted by Crippen LogP contribution is 2.43. The summed E-state index contributed by atoms with van der Waals surface area (Å²) in [5.74, 6) is 1.35. The van der Waals surface area contributed by atoms with Crippen LogP contribution in [0.1, 0.15) is 34.6 Å². The zero-order chi connectivity index (χ0) is 25.2. The number of carbonyl (C=O) groups is 1. The van der Waals surface area contributed by atoms with E-state index < -0.39 is 11.9 Å². The molecule has 0 saturated carbocycles. The molecule has 5 rings (SSSR count). The fraction of sp³-hybridized carbons (Fsp3) is 0.172. The largest absolute Gasteiger partial charge is 0.497 e. The van der Waals surface area contributed by atoms with Gasteiger partial charge in [-0.05, 0) is 61.0 Å². The van der Waals surface area contributed by atoms with Gasteiger partial charge in [-0.2, -0.15) is 0 Å². The number of carbonyl (C=O) groups excluding carboxylic acids is 1. The lowest BCUT2D eigenvalue weighted by atomic mass is 9.97. The van der Waals surface area contributed by atoms with Crippen LogP contribution < -0.4 is 24.5 Å². The van der Waals surface area contributed by atoms with Gasteiger partial charge in [0, 0.05) is 5.69 Å². The normalized spacial score (nSPS) is 14.6. The van der Waals surface area contributed by atoms with Crippen LogP contribution in [0.15, 0.2) is 88.6 Å². The van der Waals surface area contributed by atoms with E-state index in [0.29, 0.717) is 52.7 Å². The fourth-order valence-electron chi connectivity index (χ4n) is 4.48. The van der Waals surface area contributed by atoms with Crippen LogP contribution in [0, 0.1) is 0 Å². The van der Waals surface area contributed by atoms with E-state index in [1.807, 2.05) is 13.0 Å². The maximum Gasteiger partial charge on any atom is 0.295 e. The summed E-state index contributed by atoms with van der Waals surface area (Å²) < 4.78 is 22.9. The number of nitrogens with zero attached hydrogens (tertiary/aromatic N) is 1. The van der Waals surface area contributed by atoms with Crippen molar-refractivity contribution < 1.29 is 23.4 Å². The Balaban J connectivity index is 1.73. The number of fused-ring (bicyclic) bond motifs is 2. The molecular formula is C29H25NO6. The van der Waals surface area contributed by atoms with Crippen LogP contribution in [0.5, 0.6) is 17.2 Å². The SMILES string of the molecule is C=CCOc1ccc(C2c3c(oc4ccccc4c3=O)C(=O)N2c2ccc(OC)cc2)cc1OCC. The number of ether oxygens (including phenoxy) is 3. The van der Waals surface area contributed by atoms with Gasteiger partial charge in [-0.15, -0.1) is 0 Å². The number of hydrogen-bond acceptors (Lipinski definition) is 6.